The van der Waals surface area contributed by atoms with E-state index in [-0.39, 0.29) is 0 Å². The van der Waals surface area contributed by atoms with Crippen molar-refractivity contribution in [3.63, 3.8) is 0 Å². The van der Waals surface area contributed by atoms with Gasteiger partial charge in [-0.05, 0) is 93.9 Å². The first-order chi connectivity index (χ1) is 13.0. The molecule has 1 aliphatic heterocycles. The molecule has 4 nitrogen and oxygen atoms in total. The highest BCUT2D eigenvalue weighted by Gasteiger charge is 2.24. The smallest absolute Gasteiger partial charge is 0.158 e. The molecule has 3 aromatic rings. The van der Waals surface area contributed by atoms with E-state index in [0.29, 0.717) is 5.92 Å². The Balaban J connectivity index is 1.54. The van der Waals surface area contributed by atoms with Crippen molar-refractivity contribution in [1.82, 2.24) is 9.88 Å². The van der Waals surface area contributed by atoms with Gasteiger partial charge < -0.3 is 10.2 Å². The van der Waals surface area contributed by atoms with Crippen molar-refractivity contribution in [2.45, 2.75) is 53.0 Å². The summed E-state index contributed by atoms with van der Waals surface area (Å²) >= 11 is 0. The van der Waals surface area contributed by atoms with Crippen molar-refractivity contribution in [1.29, 1.82) is 0 Å². The Labute approximate surface area is 161 Å². The molecule has 0 radical (unpaired) electrons. The molecule has 3 heterocycles. The highest BCUT2D eigenvalue weighted by Crippen LogP contribution is 2.37. The molecule has 4 heteroatoms. The maximum absolute atomic E-state index is 6.37. The highest BCUT2D eigenvalue weighted by molar-refractivity contribution is 5.96. The number of nitrogen functional groups attached to an aromatic ring is 1. The Morgan fingerprint density at radius 1 is 1.00 bits per heavy atom. The summed E-state index contributed by atoms with van der Waals surface area (Å²) in [6.07, 6.45) is 6.16. The number of nitrogens with zero attached hydrogens (tertiary/aromatic N) is 2. The van der Waals surface area contributed by atoms with Crippen molar-refractivity contribution >= 4 is 16.7 Å². The van der Waals surface area contributed by atoms with E-state index in [1.807, 2.05) is 12.4 Å². The Kier molecular flexibility index (Phi) is 4.68. The Morgan fingerprint density at radius 2 is 1.67 bits per heavy atom. The van der Waals surface area contributed by atoms with Crippen LogP contribution in [0.5, 0.6) is 0 Å². The largest absolute Gasteiger partial charge is 0.457 e. The zero-order valence-electron chi connectivity index (χ0n) is 16.8. The predicted octanol–water partition coefficient (Wildman–Crippen LogP) is 5.02. The minimum absolute atomic E-state index is 0.643. The molecule has 27 heavy (non-hydrogen) atoms. The van der Waals surface area contributed by atoms with Crippen LogP contribution in [0.1, 0.15) is 52.3 Å². The molecule has 142 valence electrons. The molecule has 1 aliphatic rings. The monoisotopic (exact) mass is 363 g/mol. The van der Waals surface area contributed by atoms with Crippen LogP contribution in [0.25, 0.3) is 11.0 Å². The summed E-state index contributed by atoms with van der Waals surface area (Å²) in [5, 5.41) is 1.21. The van der Waals surface area contributed by atoms with E-state index in [9.17, 15) is 0 Å². The molecule has 0 amide bonds. The first kappa shape index (κ1) is 18.1. The lowest BCUT2D eigenvalue weighted by molar-refractivity contribution is 0.192. The lowest BCUT2D eigenvalue weighted by atomic mass is 9.90. The number of rotatable bonds is 3. The molecular formula is C23H29N3O. The molecule has 0 spiro atoms. The van der Waals surface area contributed by atoms with Crippen molar-refractivity contribution in [2.75, 3.05) is 18.8 Å². The van der Waals surface area contributed by atoms with Gasteiger partial charge in [0.25, 0.3) is 0 Å². The van der Waals surface area contributed by atoms with E-state index in [1.54, 1.807) is 0 Å². The van der Waals surface area contributed by atoms with Gasteiger partial charge in [0.2, 0.25) is 0 Å². The fraction of sp³-hybridized carbons (Fsp3) is 0.435. The van der Waals surface area contributed by atoms with Gasteiger partial charge in [0.05, 0.1) is 12.2 Å². The van der Waals surface area contributed by atoms with Crippen molar-refractivity contribution in [3.8, 4) is 0 Å². The van der Waals surface area contributed by atoms with E-state index in [4.69, 9.17) is 10.2 Å². The van der Waals surface area contributed by atoms with Gasteiger partial charge in [0.15, 0.2) is 5.58 Å². The number of hydrogen-bond donors (Lipinski definition) is 1. The number of aromatic nitrogens is 1. The number of piperidine rings is 1. The second kappa shape index (κ2) is 7.01. The standard InChI is InChI=1S/C23H29N3O/c1-14-15(2)21-17(4)20(27-23(21)22(24)16(14)3)13-26-11-7-19(8-12-26)18-5-9-25-10-6-18/h5-6,9-10,19H,7-8,11-13,24H2,1-4H3. The Bertz CT molecular complexity index is 967. The van der Waals surface area contributed by atoms with Crippen LogP contribution in [-0.2, 0) is 6.54 Å². The number of benzene rings is 1. The van der Waals surface area contributed by atoms with Gasteiger partial charge >= 0.3 is 0 Å². The summed E-state index contributed by atoms with van der Waals surface area (Å²) in [7, 11) is 0. The number of hydrogen-bond acceptors (Lipinski definition) is 4. The molecule has 1 saturated heterocycles. The maximum Gasteiger partial charge on any atom is 0.158 e. The lowest BCUT2D eigenvalue weighted by Gasteiger charge is -2.31. The second-order valence-corrected chi connectivity index (χ2v) is 7.97. The average molecular weight is 364 g/mol. The van der Waals surface area contributed by atoms with Crippen LogP contribution in [-0.4, -0.2) is 23.0 Å². The van der Waals surface area contributed by atoms with Crippen LogP contribution in [0.15, 0.2) is 28.9 Å². The molecule has 2 N–H and O–H groups in total. The minimum Gasteiger partial charge on any atom is -0.457 e. The fourth-order valence-electron chi connectivity index (χ4n) is 4.46. The third kappa shape index (κ3) is 3.12. The van der Waals surface area contributed by atoms with Crippen LogP contribution >= 0.6 is 0 Å². The molecule has 0 atom stereocenters. The summed E-state index contributed by atoms with van der Waals surface area (Å²) in [6, 6.07) is 4.31. The van der Waals surface area contributed by atoms with Gasteiger partial charge in [-0.1, -0.05) is 0 Å². The van der Waals surface area contributed by atoms with Gasteiger partial charge in [-0.25, -0.2) is 0 Å². The highest BCUT2D eigenvalue weighted by atomic mass is 16.3. The van der Waals surface area contributed by atoms with Crippen LogP contribution in [0, 0.1) is 27.7 Å². The van der Waals surface area contributed by atoms with Gasteiger partial charge in [0, 0.05) is 23.3 Å². The van der Waals surface area contributed by atoms with Gasteiger partial charge in [0.1, 0.15) is 5.76 Å². The molecule has 0 unspecified atom stereocenters. The van der Waals surface area contributed by atoms with E-state index in [0.717, 1.165) is 42.2 Å². The number of anilines is 1. The number of likely N-dealkylation sites (tertiary alicyclic amines) is 1. The van der Waals surface area contributed by atoms with Crippen LogP contribution in [0.3, 0.4) is 0 Å². The number of aryl methyl sites for hydroxylation is 2. The van der Waals surface area contributed by atoms with E-state index in [1.165, 1.54) is 40.5 Å². The SMILES string of the molecule is Cc1c(C)c(C)c2c(C)c(CN3CCC(c4ccncc4)CC3)oc2c1N. The minimum atomic E-state index is 0.643. The van der Waals surface area contributed by atoms with Gasteiger partial charge in [-0.2, -0.15) is 0 Å². The first-order valence-corrected chi connectivity index (χ1v) is 9.86. The number of furan rings is 1. The Hall–Kier alpha value is -2.33. The van der Waals surface area contributed by atoms with Crippen LogP contribution in [0.2, 0.25) is 0 Å². The van der Waals surface area contributed by atoms with Crippen molar-refractivity contribution in [2.24, 2.45) is 0 Å². The zero-order valence-corrected chi connectivity index (χ0v) is 16.8. The summed E-state index contributed by atoms with van der Waals surface area (Å²) in [4.78, 5) is 6.64. The molecule has 0 aliphatic carbocycles. The molecular weight excluding hydrogens is 334 g/mol. The van der Waals surface area contributed by atoms with Gasteiger partial charge in [-0.3, -0.25) is 9.88 Å². The summed E-state index contributed by atoms with van der Waals surface area (Å²) < 4.78 is 6.29. The van der Waals surface area contributed by atoms with Crippen LogP contribution in [0.4, 0.5) is 5.69 Å². The molecule has 1 fully saturated rings. The normalized spacial score (nSPS) is 16.3. The lowest BCUT2D eigenvalue weighted by Crippen LogP contribution is -2.32. The zero-order chi connectivity index (χ0) is 19.1. The molecule has 0 saturated carbocycles. The Morgan fingerprint density at radius 3 is 2.33 bits per heavy atom. The molecule has 4 rings (SSSR count). The predicted molar refractivity (Wildman–Crippen MR) is 111 cm³/mol. The van der Waals surface area contributed by atoms with E-state index < -0.39 is 0 Å². The summed E-state index contributed by atoms with van der Waals surface area (Å²) in [5.41, 5.74) is 14.4. The van der Waals surface area contributed by atoms with Crippen molar-refractivity contribution < 1.29 is 4.42 Å². The van der Waals surface area contributed by atoms with Gasteiger partial charge in [-0.15, -0.1) is 0 Å². The first-order valence-electron chi connectivity index (χ1n) is 9.86. The molecule has 0 bridgehead atoms. The molecule has 1 aromatic carbocycles. The quantitative estimate of drug-likeness (QED) is 0.664. The van der Waals surface area contributed by atoms with Crippen molar-refractivity contribution in [3.05, 3.63) is 58.1 Å². The molecule has 2 aromatic heterocycles. The summed E-state index contributed by atoms with van der Waals surface area (Å²) in [6.45, 7) is 11.6. The summed E-state index contributed by atoms with van der Waals surface area (Å²) in [5.74, 6) is 1.70. The van der Waals surface area contributed by atoms with Crippen LogP contribution < -0.4 is 5.73 Å². The topological polar surface area (TPSA) is 55.3 Å². The third-order valence-corrected chi connectivity index (χ3v) is 6.53. The number of nitrogens with two attached hydrogens (primary N) is 1. The number of pyridine rings is 1. The fourth-order valence-corrected chi connectivity index (χ4v) is 4.46. The number of fused-ring (bicyclic) bond motifs is 1. The second-order valence-electron chi connectivity index (χ2n) is 7.97. The maximum atomic E-state index is 6.37. The average Bonchev–Trinajstić information content (AvgIpc) is 3.02. The van der Waals surface area contributed by atoms with E-state index in [2.05, 4.69) is 49.7 Å². The third-order valence-electron chi connectivity index (χ3n) is 6.53. The van der Waals surface area contributed by atoms with E-state index >= 15 is 0 Å².